The number of alkyl halides is 3. The van der Waals surface area contributed by atoms with Gasteiger partial charge in [-0.2, -0.15) is 13.2 Å². The molecule has 1 aromatic heterocycles. The van der Waals surface area contributed by atoms with Crippen LogP contribution in [0.15, 0.2) is 23.0 Å². The maximum atomic E-state index is 12.9. The number of anilines is 1. The zero-order valence-electron chi connectivity index (χ0n) is 15.9. The van der Waals surface area contributed by atoms with Crippen LogP contribution in [0.5, 0.6) is 0 Å². The Morgan fingerprint density at radius 1 is 1.18 bits per heavy atom. The Hall–Kier alpha value is -2.78. The van der Waals surface area contributed by atoms with Crippen molar-refractivity contribution in [3.63, 3.8) is 0 Å². The number of nitrogens with one attached hydrogen (secondary N) is 1. The number of rotatable bonds is 2. The van der Waals surface area contributed by atoms with Gasteiger partial charge in [-0.3, -0.25) is 4.57 Å². The number of aryl methyl sites for hydroxylation is 2. The largest absolute Gasteiger partial charge is 0.451 e. The number of hydrogen-bond donors (Lipinski definition) is 1. The number of carbonyl (C=O) groups excluding carboxylic acids is 1. The molecular formula is C18H22F3N5O2. The fourth-order valence-electron chi connectivity index (χ4n) is 3.28. The number of urea groups is 1. The van der Waals surface area contributed by atoms with Gasteiger partial charge in [-0.05, 0) is 49.9 Å². The molecule has 1 aliphatic heterocycles. The summed E-state index contributed by atoms with van der Waals surface area (Å²) in [6.07, 6.45) is -3.98. The van der Waals surface area contributed by atoms with Gasteiger partial charge in [0.25, 0.3) is 0 Å². The Bertz CT molecular complexity index is 940. The van der Waals surface area contributed by atoms with Gasteiger partial charge in [0, 0.05) is 25.8 Å². The van der Waals surface area contributed by atoms with Crippen LogP contribution in [0.1, 0.15) is 35.8 Å². The molecule has 1 saturated heterocycles. The minimum atomic E-state index is -4.69. The molecule has 3 rings (SSSR count). The maximum absolute atomic E-state index is 12.9. The van der Waals surface area contributed by atoms with Crippen molar-refractivity contribution < 1.29 is 18.0 Å². The first-order chi connectivity index (χ1) is 13.1. The summed E-state index contributed by atoms with van der Waals surface area (Å²) < 4.78 is 40.2. The minimum absolute atomic E-state index is 0.272. The molecule has 1 aliphatic rings. The molecule has 0 radical (unpaired) electrons. The van der Waals surface area contributed by atoms with Gasteiger partial charge in [0.05, 0.1) is 6.04 Å². The van der Waals surface area contributed by atoms with Crippen molar-refractivity contribution in [2.45, 2.75) is 38.9 Å². The number of halogens is 3. The van der Waals surface area contributed by atoms with Crippen LogP contribution >= 0.6 is 0 Å². The predicted molar refractivity (Wildman–Crippen MR) is 97.2 cm³/mol. The first-order valence-corrected chi connectivity index (χ1v) is 8.94. The second kappa shape index (κ2) is 7.33. The number of carbonyl (C=O) groups is 1. The van der Waals surface area contributed by atoms with E-state index in [1.807, 2.05) is 32.0 Å². The molecule has 2 heterocycles. The summed E-state index contributed by atoms with van der Waals surface area (Å²) in [6, 6.07) is 4.88. The van der Waals surface area contributed by atoms with E-state index < -0.39 is 23.7 Å². The summed E-state index contributed by atoms with van der Waals surface area (Å²) in [6.45, 7) is 4.59. The van der Waals surface area contributed by atoms with E-state index in [1.165, 1.54) is 0 Å². The highest BCUT2D eigenvalue weighted by atomic mass is 19.4. The Balaban J connectivity index is 1.65. The van der Waals surface area contributed by atoms with Crippen molar-refractivity contribution >= 4 is 11.7 Å². The van der Waals surface area contributed by atoms with Gasteiger partial charge in [0.15, 0.2) is 0 Å². The molecular weight excluding hydrogens is 375 g/mol. The number of hydrogen-bond acceptors (Lipinski definition) is 3. The van der Waals surface area contributed by atoms with Crippen LogP contribution in [-0.4, -0.2) is 38.4 Å². The summed E-state index contributed by atoms with van der Waals surface area (Å²) >= 11 is 0. The lowest BCUT2D eigenvalue weighted by atomic mass is 10.1. The maximum Gasteiger partial charge on any atom is 0.451 e. The standard InChI is InChI=1S/C18H22F3N5O2/c1-11-4-5-13(10-12(11)2)22-16(27)25-8-6-14(7-9-25)26-17(28)24(3)15(23-26)18(19,20)21/h4-5,10,14H,6-9H2,1-3H3,(H,22,27). The Morgan fingerprint density at radius 3 is 2.36 bits per heavy atom. The van der Waals surface area contributed by atoms with Gasteiger partial charge < -0.3 is 10.2 Å². The smallest absolute Gasteiger partial charge is 0.324 e. The van der Waals surface area contributed by atoms with Crippen LogP contribution < -0.4 is 11.0 Å². The molecule has 0 aliphatic carbocycles. The number of nitrogens with zero attached hydrogens (tertiary/aromatic N) is 4. The molecule has 0 bridgehead atoms. The van der Waals surface area contributed by atoms with Crippen molar-refractivity contribution in [3.8, 4) is 0 Å². The lowest BCUT2D eigenvalue weighted by Crippen LogP contribution is -2.43. The topological polar surface area (TPSA) is 72.2 Å². The van der Waals surface area contributed by atoms with Crippen LogP contribution in [0.2, 0.25) is 0 Å². The van der Waals surface area contributed by atoms with E-state index in [0.717, 1.165) is 22.9 Å². The first-order valence-electron chi connectivity index (χ1n) is 8.94. The molecule has 2 aromatic rings. The van der Waals surface area contributed by atoms with Crippen LogP contribution in [-0.2, 0) is 13.2 Å². The van der Waals surface area contributed by atoms with Gasteiger partial charge in [0.2, 0.25) is 5.82 Å². The average Bonchev–Trinajstić information content (AvgIpc) is 2.94. The van der Waals surface area contributed by atoms with Crippen molar-refractivity contribution in [1.29, 1.82) is 0 Å². The normalized spacial score (nSPS) is 15.7. The number of likely N-dealkylation sites (tertiary alicyclic amines) is 1. The van der Waals surface area contributed by atoms with Crippen molar-refractivity contribution in [3.05, 3.63) is 45.6 Å². The van der Waals surface area contributed by atoms with Gasteiger partial charge in [-0.25, -0.2) is 14.3 Å². The molecule has 7 nitrogen and oxygen atoms in total. The second-order valence-electron chi connectivity index (χ2n) is 7.05. The molecule has 1 fully saturated rings. The molecule has 152 valence electrons. The molecule has 0 saturated carbocycles. The lowest BCUT2D eigenvalue weighted by molar-refractivity contribution is -0.147. The molecule has 28 heavy (non-hydrogen) atoms. The first kappa shape index (κ1) is 20.0. The second-order valence-corrected chi connectivity index (χ2v) is 7.05. The third-order valence-electron chi connectivity index (χ3n) is 5.11. The minimum Gasteiger partial charge on any atom is -0.324 e. The van der Waals surface area contributed by atoms with E-state index in [4.69, 9.17) is 0 Å². The quantitative estimate of drug-likeness (QED) is 0.847. The Labute approximate surface area is 159 Å². The van der Waals surface area contributed by atoms with E-state index >= 15 is 0 Å². The summed E-state index contributed by atoms with van der Waals surface area (Å²) in [7, 11) is 1.06. The molecule has 0 unspecified atom stereocenters. The Morgan fingerprint density at radius 2 is 1.82 bits per heavy atom. The van der Waals surface area contributed by atoms with E-state index in [9.17, 15) is 22.8 Å². The highest BCUT2D eigenvalue weighted by Gasteiger charge is 2.39. The average molecular weight is 397 g/mol. The SMILES string of the molecule is Cc1ccc(NC(=O)N2CCC(n3nc(C(F)(F)F)n(C)c3=O)CC2)cc1C. The van der Waals surface area contributed by atoms with Crippen molar-refractivity contribution in [2.24, 2.45) is 7.05 Å². The molecule has 1 N–H and O–H groups in total. The van der Waals surface area contributed by atoms with Gasteiger partial charge in [-0.1, -0.05) is 6.07 Å². The van der Waals surface area contributed by atoms with Crippen molar-refractivity contribution in [1.82, 2.24) is 19.2 Å². The summed E-state index contributed by atoms with van der Waals surface area (Å²) in [5.74, 6) is -1.22. The number of benzene rings is 1. The van der Waals surface area contributed by atoms with E-state index in [1.54, 1.807) is 4.90 Å². The van der Waals surface area contributed by atoms with Crippen molar-refractivity contribution in [2.75, 3.05) is 18.4 Å². The van der Waals surface area contributed by atoms with Crippen LogP contribution in [0, 0.1) is 13.8 Å². The number of amides is 2. The fraction of sp³-hybridized carbons (Fsp3) is 0.500. The highest BCUT2D eigenvalue weighted by Crippen LogP contribution is 2.28. The van der Waals surface area contributed by atoms with E-state index in [2.05, 4.69) is 10.4 Å². The number of aromatic nitrogens is 3. The van der Waals surface area contributed by atoms with E-state index in [-0.39, 0.29) is 6.03 Å². The predicted octanol–water partition coefficient (Wildman–Crippen LogP) is 3.09. The summed E-state index contributed by atoms with van der Waals surface area (Å²) in [5, 5.41) is 6.31. The Kier molecular flexibility index (Phi) is 5.22. The molecule has 0 spiro atoms. The zero-order chi connectivity index (χ0) is 20.6. The summed E-state index contributed by atoms with van der Waals surface area (Å²) in [4.78, 5) is 26.2. The van der Waals surface area contributed by atoms with E-state index in [0.29, 0.717) is 36.2 Å². The fourth-order valence-corrected chi connectivity index (χ4v) is 3.28. The molecule has 2 amide bonds. The lowest BCUT2D eigenvalue weighted by Gasteiger charge is -2.31. The summed E-state index contributed by atoms with van der Waals surface area (Å²) in [5.41, 5.74) is 2.07. The van der Waals surface area contributed by atoms with Crippen LogP contribution in [0.3, 0.4) is 0 Å². The monoisotopic (exact) mass is 397 g/mol. The third kappa shape index (κ3) is 3.90. The molecule has 1 aromatic carbocycles. The third-order valence-corrected chi connectivity index (χ3v) is 5.11. The number of piperidine rings is 1. The highest BCUT2D eigenvalue weighted by molar-refractivity contribution is 5.89. The van der Waals surface area contributed by atoms with Gasteiger partial charge in [-0.15, -0.1) is 5.10 Å². The van der Waals surface area contributed by atoms with Gasteiger partial charge in [0.1, 0.15) is 0 Å². The zero-order valence-corrected chi connectivity index (χ0v) is 15.9. The molecule has 0 atom stereocenters. The van der Waals surface area contributed by atoms with Gasteiger partial charge >= 0.3 is 17.9 Å². The van der Waals surface area contributed by atoms with Crippen LogP contribution in [0.4, 0.5) is 23.7 Å². The van der Waals surface area contributed by atoms with Crippen LogP contribution in [0.25, 0.3) is 0 Å². The molecule has 10 heteroatoms.